The Morgan fingerprint density at radius 2 is 1.78 bits per heavy atom. The largest absolute Gasteiger partial charge is 0.497 e. The highest BCUT2D eigenvalue weighted by Gasteiger charge is 2.34. The van der Waals surface area contributed by atoms with E-state index >= 15 is 0 Å². The van der Waals surface area contributed by atoms with E-state index in [2.05, 4.69) is 0 Å². The first-order valence-electron chi connectivity index (χ1n) is 8.87. The lowest BCUT2D eigenvalue weighted by Crippen LogP contribution is -2.43. The summed E-state index contributed by atoms with van der Waals surface area (Å²) in [5.74, 6) is 0.398. The van der Waals surface area contributed by atoms with Gasteiger partial charge in [-0.25, -0.2) is 4.79 Å². The molecule has 0 saturated heterocycles. The van der Waals surface area contributed by atoms with E-state index in [1.165, 1.54) is 0 Å². The van der Waals surface area contributed by atoms with Crippen LogP contribution in [0.3, 0.4) is 0 Å². The van der Waals surface area contributed by atoms with Crippen LogP contribution in [-0.4, -0.2) is 37.7 Å². The van der Waals surface area contributed by atoms with Crippen molar-refractivity contribution in [2.45, 2.75) is 32.4 Å². The highest BCUT2D eigenvalue weighted by molar-refractivity contribution is 5.99. The number of anilines is 1. The summed E-state index contributed by atoms with van der Waals surface area (Å²) in [5.41, 5.74) is 2.01. The fraction of sp³-hybridized carbons (Fsp3) is 0.333. The van der Waals surface area contributed by atoms with E-state index in [9.17, 15) is 9.59 Å². The molecule has 6 nitrogen and oxygen atoms in total. The van der Waals surface area contributed by atoms with Crippen LogP contribution in [0, 0.1) is 0 Å². The summed E-state index contributed by atoms with van der Waals surface area (Å²) in [5, 5.41) is 0. The molecule has 6 heteroatoms. The number of nitrogens with zero attached hydrogens (tertiary/aromatic N) is 1. The number of carbonyl (C=O) groups is 2. The summed E-state index contributed by atoms with van der Waals surface area (Å²) < 4.78 is 15.7. The lowest BCUT2D eigenvalue weighted by atomic mass is 10.1. The van der Waals surface area contributed by atoms with E-state index in [4.69, 9.17) is 14.2 Å². The average Bonchev–Trinajstić information content (AvgIpc) is 3.01. The van der Waals surface area contributed by atoms with Crippen molar-refractivity contribution >= 4 is 17.6 Å². The molecule has 0 aliphatic carbocycles. The van der Waals surface area contributed by atoms with Crippen LogP contribution in [0.4, 0.5) is 5.69 Å². The van der Waals surface area contributed by atoms with Crippen molar-refractivity contribution in [2.75, 3.05) is 18.6 Å². The molecule has 0 bridgehead atoms. The van der Waals surface area contributed by atoms with Gasteiger partial charge < -0.3 is 19.1 Å². The van der Waals surface area contributed by atoms with Crippen molar-refractivity contribution in [3.63, 3.8) is 0 Å². The molecule has 1 heterocycles. The average molecular weight is 369 g/mol. The number of hydrogen-bond acceptors (Lipinski definition) is 5. The molecule has 3 rings (SSSR count). The summed E-state index contributed by atoms with van der Waals surface area (Å²) in [6.45, 7) is 3.30. The number of fused-ring (bicyclic) bond motifs is 1. The third-order valence-electron chi connectivity index (χ3n) is 4.52. The maximum Gasteiger partial charge on any atom is 0.344 e. The molecule has 2 aromatic rings. The van der Waals surface area contributed by atoms with Gasteiger partial charge >= 0.3 is 5.97 Å². The Balaban J connectivity index is 1.55. The van der Waals surface area contributed by atoms with E-state index in [1.54, 1.807) is 43.2 Å². The lowest BCUT2D eigenvalue weighted by Gasteiger charge is -2.25. The zero-order valence-corrected chi connectivity index (χ0v) is 15.7. The molecule has 0 N–H and O–H groups in total. The van der Waals surface area contributed by atoms with E-state index < -0.39 is 12.1 Å². The fourth-order valence-corrected chi connectivity index (χ4v) is 3.19. The molecule has 0 aromatic heterocycles. The first-order chi connectivity index (χ1) is 13.0. The van der Waals surface area contributed by atoms with E-state index in [0.717, 1.165) is 17.7 Å². The minimum absolute atomic E-state index is 0.0339. The molecular weight excluding hydrogens is 346 g/mol. The van der Waals surface area contributed by atoms with Crippen LogP contribution in [0.25, 0.3) is 0 Å². The van der Waals surface area contributed by atoms with Crippen LogP contribution >= 0.6 is 0 Å². The second kappa shape index (κ2) is 8.12. The topological polar surface area (TPSA) is 65.1 Å². The van der Waals surface area contributed by atoms with Gasteiger partial charge in [-0.15, -0.1) is 0 Å². The Labute approximate surface area is 158 Å². The van der Waals surface area contributed by atoms with E-state index in [-0.39, 0.29) is 18.6 Å². The monoisotopic (exact) mass is 369 g/mol. The smallest absolute Gasteiger partial charge is 0.344 e. The molecule has 1 aliphatic rings. The van der Waals surface area contributed by atoms with Gasteiger partial charge in [-0.2, -0.15) is 0 Å². The van der Waals surface area contributed by atoms with Crippen molar-refractivity contribution in [1.29, 1.82) is 0 Å². The Morgan fingerprint density at radius 3 is 2.48 bits per heavy atom. The maximum atomic E-state index is 12.8. The number of ether oxygens (including phenoxy) is 3. The zero-order chi connectivity index (χ0) is 19.4. The Kier molecular flexibility index (Phi) is 5.64. The van der Waals surface area contributed by atoms with E-state index in [0.29, 0.717) is 11.5 Å². The van der Waals surface area contributed by atoms with Gasteiger partial charge in [0.05, 0.1) is 7.11 Å². The van der Waals surface area contributed by atoms with Gasteiger partial charge in [0.25, 0.3) is 5.91 Å². The van der Waals surface area contributed by atoms with E-state index in [1.807, 2.05) is 31.2 Å². The van der Waals surface area contributed by atoms with Crippen molar-refractivity contribution in [2.24, 2.45) is 0 Å². The van der Waals surface area contributed by atoms with Crippen molar-refractivity contribution in [1.82, 2.24) is 0 Å². The SMILES string of the molecule is COc1ccc(OCC(=O)O[C@@H](C)C(=O)N2c3ccccc3C[C@H]2C)cc1. The second-order valence-electron chi connectivity index (χ2n) is 6.49. The molecule has 0 unspecified atom stereocenters. The normalized spacial score (nSPS) is 16.4. The summed E-state index contributed by atoms with van der Waals surface area (Å²) in [7, 11) is 1.57. The van der Waals surface area contributed by atoms with Gasteiger partial charge in [0.2, 0.25) is 0 Å². The van der Waals surface area contributed by atoms with Gasteiger partial charge in [-0.05, 0) is 56.2 Å². The third-order valence-corrected chi connectivity index (χ3v) is 4.52. The van der Waals surface area contributed by atoms with Crippen LogP contribution in [0.1, 0.15) is 19.4 Å². The Morgan fingerprint density at radius 1 is 1.11 bits per heavy atom. The van der Waals surface area contributed by atoms with Gasteiger partial charge in [-0.1, -0.05) is 18.2 Å². The van der Waals surface area contributed by atoms with Crippen LogP contribution in [-0.2, 0) is 20.7 Å². The predicted molar refractivity (Wildman–Crippen MR) is 101 cm³/mol. The lowest BCUT2D eigenvalue weighted by molar-refractivity contribution is -0.155. The quantitative estimate of drug-likeness (QED) is 0.733. The van der Waals surface area contributed by atoms with Gasteiger partial charge in [0, 0.05) is 11.7 Å². The number of hydrogen-bond donors (Lipinski definition) is 0. The number of rotatable bonds is 6. The summed E-state index contributed by atoms with van der Waals surface area (Å²) >= 11 is 0. The summed E-state index contributed by atoms with van der Waals surface area (Å²) in [4.78, 5) is 26.6. The molecular formula is C21H23NO5. The van der Waals surface area contributed by atoms with Crippen LogP contribution < -0.4 is 14.4 Å². The molecule has 0 fully saturated rings. The predicted octanol–water partition coefficient (Wildman–Crippen LogP) is 2.98. The Hall–Kier alpha value is -3.02. The van der Waals surface area contributed by atoms with Crippen molar-refractivity contribution < 1.29 is 23.8 Å². The minimum atomic E-state index is -0.884. The number of esters is 1. The molecule has 2 atom stereocenters. The molecule has 2 aromatic carbocycles. The zero-order valence-electron chi connectivity index (χ0n) is 15.7. The first kappa shape index (κ1) is 18.8. The number of amides is 1. The minimum Gasteiger partial charge on any atom is -0.497 e. The number of methoxy groups -OCH3 is 1. The van der Waals surface area contributed by atoms with Crippen molar-refractivity contribution in [3.8, 4) is 11.5 Å². The fourth-order valence-electron chi connectivity index (χ4n) is 3.19. The van der Waals surface area contributed by atoms with Crippen molar-refractivity contribution in [3.05, 3.63) is 54.1 Å². The molecule has 1 amide bonds. The molecule has 142 valence electrons. The van der Waals surface area contributed by atoms with Crippen LogP contribution in [0.15, 0.2) is 48.5 Å². The van der Waals surface area contributed by atoms with Crippen LogP contribution in [0.5, 0.6) is 11.5 Å². The highest BCUT2D eigenvalue weighted by atomic mass is 16.6. The summed E-state index contributed by atoms with van der Waals surface area (Å²) in [6.07, 6.45) is -0.0889. The third kappa shape index (κ3) is 4.22. The number of carbonyl (C=O) groups excluding carboxylic acids is 2. The Bertz CT molecular complexity index is 818. The molecule has 0 saturated carbocycles. The molecule has 1 aliphatic heterocycles. The number of para-hydroxylation sites is 1. The maximum absolute atomic E-state index is 12.8. The first-order valence-corrected chi connectivity index (χ1v) is 8.87. The number of benzene rings is 2. The second-order valence-corrected chi connectivity index (χ2v) is 6.49. The van der Waals surface area contributed by atoms with Gasteiger partial charge in [0.15, 0.2) is 12.7 Å². The molecule has 27 heavy (non-hydrogen) atoms. The highest BCUT2D eigenvalue weighted by Crippen LogP contribution is 2.32. The standard InChI is InChI=1S/C21H23NO5/c1-14-12-16-6-4-5-7-19(16)22(14)21(24)15(2)27-20(23)13-26-18-10-8-17(25-3)9-11-18/h4-11,14-15H,12-13H2,1-3H3/t14-,15+/m1/s1. The van der Waals surface area contributed by atoms with Gasteiger partial charge in [0.1, 0.15) is 11.5 Å². The molecule has 0 spiro atoms. The van der Waals surface area contributed by atoms with Gasteiger partial charge in [-0.3, -0.25) is 4.79 Å². The summed E-state index contributed by atoms with van der Waals surface area (Å²) in [6, 6.07) is 14.7. The molecule has 0 radical (unpaired) electrons. The van der Waals surface area contributed by atoms with Crippen LogP contribution in [0.2, 0.25) is 0 Å².